The summed E-state index contributed by atoms with van der Waals surface area (Å²) in [5, 5.41) is 5.43. The molecule has 0 unspecified atom stereocenters. The fourth-order valence-electron chi connectivity index (χ4n) is 2.59. The zero-order valence-corrected chi connectivity index (χ0v) is 13.9. The molecule has 1 saturated carbocycles. The fraction of sp³-hybridized carbons (Fsp3) is 0.176. The molecule has 4 N–H and O–H groups in total. The summed E-state index contributed by atoms with van der Waals surface area (Å²) in [6.45, 7) is 0. The van der Waals surface area contributed by atoms with E-state index in [1.807, 2.05) is 24.3 Å². The van der Waals surface area contributed by atoms with E-state index in [-0.39, 0.29) is 5.91 Å². The zero-order valence-electron chi connectivity index (χ0n) is 12.3. The average Bonchev–Trinajstić information content (AvgIpc) is 3.30. The molecular weight excluding hydrogens is 358 g/mol. The largest absolute Gasteiger partial charge is 0.351 e. The lowest BCUT2D eigenvalue weighted by atomic mass is 9.95. The molecule has 1 aliphatic rings. The topological polar surface area (TPSA) is 84.2 Å². The molecule has 2 aromatic rings. The second kappa shape index (κ2) is 6.04. The van der Waals surface area contributed by atoms with Gasteiger partial charge in [-0.25, -0.2) is 4.79 Å². The molecule has 0 heterocycles. The van der Waals surface area contributed by atoms with Crippen LogP contribution in [0.4, 0.5) is 16.2 Å². The fourth-order valence-corrected chi connectivity index (χ4v) is 2.99. The number of carbonyl (C=O) groups is 2. The van der Waals surface area contributed by atoms with E-state index in [0.29, 0.717) is 11.4 Å². The van der Waals surface area contributed by atoms with Crippen molar-refractivity contribution in [3.8, 4) is 0 Å². The number of benzene rings is 2. The maximum atomic E-state index is 12.7. The predicted molar refractivity (Wildman–Crippen MR) is 93.3 cm³/mol. The SMILES string of the molecule is NC(=O)Nc1ccc(NC(=O)C2(c3cccc(Br)c3)CC2)cc1. The monoisotopic (exact) mass is 373 g/mol. The summed E-state index contributed by atoms with van der Waals surface area (Å²) in [7, 11) is 0. The maximum absolute atomic E-state index is 12.7. The molecule has 0 saturated heterocycles. The molecule has 118 valence electrons. The first-order chi connectivity index (χ1) is 11.0. The smallest absolute Gasteiger partial charge is 0.316 e. The van der Waals surface area contributed by atoms with E-state index in [4.69, 9.17) is 5.73 Å². The van der Waals surface area contributed by atoms with Gasteiger partial charge >= 0.3 is 6.03 Å². The lowest BCUT2D eigenvalue weighted by Crippen LogP contribution is -2.27. The first-order valence-corrected chi connectivity index (χ1v) is 8.03. The van der Waals surface area contributed by atoms with Crippen LogP contribution in [-0.2, 0) is 10.2 Å². The van der Waals surface area contributed by atoms with Gasteiger partial charge in [0.25, 0.3) is 0 Å². The minimum Gasteiger partial charge on any atom is -0.351 e. The van der Waals surface area contributed by atoms with Gasteiger partial charge in [-0.05, 0) is 54.8 Å². The highest BCUT2D eigenvalue weighted by Gasteiger charge is 2.51. The lowest BCUT2D eigenvalue weighted by molar-refractivity contribution is -0.118. The summed E-state index contributed by atoms with van der Waals surface area (Å²) in [6.07, 6.45) is 1.69. The number of halogens is 1. The normalized spacial score (nSPS) is 14.8. The number of rotatable bonds is 4. The van der Waals surface area contributed by atoms with Crippen LogP contribution in [0.25, 0.3) is 0 Å². The van der Waals surface area contributed by atoms with E-state index in [0.717, 1.165) is 22.9 Å². The van der Waals surface area contributed by atoms with Crippen molar-refractivity contribution in [2.75, 3.05) is 10.6 Å². The molecule has 0 bridgehead atoms. The standard InChI is InChI=1S/C17H16BrN3O2/c18-12-3-1-2-11(10-12)17(8-9-17)15(22)20-13-4-6-14(7-5-13)21-16(19)23/h1-7,10H,8-9H2,(H,20,22)(H3,19,21,23). The van der Waals surface area contributed by atoms with Gasteiger partial charge in [-0.1, -0.05) is 28.1 Å². The van der Waals surface area contributed by atoms with E-state index < -0.39 is 11.4 Å². The zero-order chi connectivity index (χ0) is 16.4. The number of hydrogen-bond acceptors (Lipinski definition) is 2. The molecule has 2 aromatic carbocycles. The van der Waals surface area contributed by atoms with Crippen LogP contribution >= 0.6 is 15.9 Å². The molecule has 0 radical (unpaired) electrons. The molecule has 0 atom stereocenters. The number of carbonyl (C=O) groups excluding carboxylic acids is 2. The van der Waals surface area contributed by atoms with Crippen molar-refractivity contribution in [2.45, 2.75) is 18.3 Å². The Morgan fingerprint density at radius 1 is 1.00 bits per heavy atom. The van der Waals surface area contributed by atoms with Crippen molar-refractivity contribution in [3.63, 3.8) is 0 Å². The quantitative estimate of drug-likeness (QED) is 0.764. The summed E-state index contributed by atoms with van der Waals surface area (Å²) in [6, 6.07) is 14.1. The van der Waals surface area contributed by atoms with Crippen molar-refractivity contribution < 1.29 is 9.59 Å². The van der Waals surface area contributed by atoms with Crippen LogP contribution in [0.5, 0.6) is 0 Å². The van der Waals surface area contributed by atoms with Crippen molar-refractivity contribution in [2.24, 2.45) is 5.73 Å². The average molecular weight is 374 g/mol. The van der Waals surface area contributed by atoms with Crippen LogP contribution in [0.2, 0.25) is 0 Å². The Morgan fingerprint density at radius 2 is 1.61 bits per heavy atom. The summed E-state index contributed by atoms with van der Waals surface area (Å²) < 4.78 is 0.968. The number of hydrogen-bond donors (Lipinski definition) is 3. The Labute approximate surface area is 142 Å². The van der Waals surface area contributed by atoms with Crippen LogP contribution in [-0.4, -0.2) is 11.9 Å². The van der Waals surface area contributed by atoms with Gasteiger partial charge in [-0.2, -0.15) is 0 Å². The number of amides is 3. The predicted octanol–water partition coefficient (Wildman–Crippen LogP) is 3.61. The van der Waals surface area contributed by atoms with Gasteiger partial charge < -0.3 is 16.4 Å². The van der Waals surface area contributed by atoms with Gasteiger partial charge in [-0.15, -0.1) is 0 Å². The Hall–Kier alpha value is -2.34. The van der Waals surface area contributed by atoms with E-state index >= 15 is 0 Å². The van der Waals surface area contributed by atoms with Gasteiger partial charge in [0, 0.05) is 15.8 Å². The number of primary amides is 1. The van der Waals surface area contributed by atoms with Crippen LogP contribution in [0.1, 0.15) is 18.4 Å². The maximum Gasteiger partial charge on any atom is 0.316 e. The number of nitrogens with one attached hydrogen (secondary N) is 2. The molecule has 0 aromatic heterocycles. The van der Waals surface area contributed by atoms with Crippen LogP contribution in [0.15, 0.2) is 53.0 Å². The molecule has 0 spiro atoms. The highest BCUT2D eigenvalue weighted by Crippen LogP contribution is 2.49. The van der Waals surface area contributed by atoms with Crippen LogP contribution < -0.4 is 16.4 Å². The molecule has 1 aliphatic carbocycles. The van der Waals surface area contributed by atoms with Crippen molar-refractivity contribution >= 4 is 39.2 Å². The third kappa shape index (κ3) is 3.37. The molecule has 1 fully saturated rings. The van der Waals surface area contributed by atoms with E-state index in [1.165, 1.54) is 0 Å². The van der Waals surface area contributed by atoms with Crippen molar-refractivity contribution in [1.29, 1.82) is 0 Å². The van der Waals surface area contributed by atoms with Gasteiger partial charge in [0.1, 0.15) is 0 Å². The molecular formula is C17H16BrN3O2. The lowest BCUT2D eigenvalue weighted by Gasteiger charge is -2.16. The first-order valence-electron chi connectivity index (χ1n) is 7.24. The highest BCUT2D eigenvalue weighted by atomic mass is 79.9. The molecule has 0 aliphatic heterocycles. The summed E-state index contributed by atoms with van der Waals surface area (Å²) >= 11 is 3.45. The minimum atomic E-state index is -0.617. The van der Waals surface area contributed by atoms with E-state index in [1.54, 1.807) is 24.3 Å². The number of urea groups is 1. The second-order valence-electron chi connectivity index (χ2n) is 5.61. The second-order valence-corrected chi connectivity index (χ2v) is 6.53. The van der Waals surface area contributed by atoms with E-state index in [9.17, 15) is 9.59 Å². The minimum absolute atomic E-state index is 0.00814. The van der Waals surface area contributed by atoms with Gasteiger partial charge in [0.2, 0.25) is 5.91 Å². The van der Waals surface area contributed by atoms with Gasteiger partial charge in [0.15, 0.2) is 0 Å². The molecule has 3 amide bonds. The Morgan fingerprint density at radius 3 is 2.13 bits per heavy atom. The Bertz CT molecular complexity index is 755. The molecule has 5 nitrogen and oxygen atoms in total. The number of anilines is 2. The third-order valence-electron chi connectivity index (χ3n) is 3.97. The third-order valence-corrected chi connectivity index (χ3v) is 4.47. The summed E-state index contributed by atoms with van der Waals surface area (Å²) in [5.74, 6) is -0.00814. The molecule has 6 heteroatoms. The Kier molecular flexibility index (Phi) is 4.09. The van der Waals surface area contributed by atoms with Crippen molar-refractivity contribution in [3.05, 3.63) is 58.6 Å². The van der Waals surface area contributed by atoms with Gasteiger partial charge in [-0.3, -0.25) is 4.79 Å². The highest BCUT2D eigenvalue weighted by molar-refractivity contribution is 9.10. The van der Waals surface area contributed by atoms with E-state index in [2.05, 4.69) is 26.6 Å². The van der Waals surface area contributed by atoms with Crippen LogP contribution in [0.3, 0.4) is 0 Å². The molecule has 3 rings (SSSR count). The van der Waals surface area contributed by atoms with Crippen molar-refractivity contribution in [1.82, 2.24) is 0 Å². The first kappa shape index (κ1) is 15.6. The number of nitrogens with two attached hydrogens (primary N) is 1. The summed E-state index contributed by atoms with van der Waals surface area (Å²) in [4.78, 5) is 23.4. The van der Waals surface area contributed by atoms with Crippen LogP contribution in [0, 0.1) is 0 Å². The Balaban J connectivity index is 1.73. The molecule has 23 heavy (non-hydrogen) atoms. The summed E-state index contributed by atoms with van der Waals surface area (Å²) in [5.41, 5.74) is 6.92. The van der Waals surface area contributed by atoms with Gasteiger partial charge in [0.05, 0.1) is 5.41 Å².